The molecule has 2 heterocycles. The highest BCUT2D eigenvalue weighted by Crippen LogP contribution is 2.43. The molecule has 0 spiro atoms. The summed E-state index contributed by atoms with van der Waals surface area (Å²) in [5.74, 6) is -1.32. The van der Waals surface area contributed by atoms with Gasteiger partial charge in [-0.1, -0.05) is 25.0 Å². The van der Waals surface area contributed by atoms with Crippen molar-refractivity contribution in [1.82, 2.24) is 10.2 Å². The van der Waals surface area contributed by atoms with E-state index in [1.54, 1.807) is 0 Å². The number of nitrogens with zero attached hydrogens (tertiary/aromatic N) is 1. The van der Waals surface area contributed by atoms with Gasteiger partial charge in [-0.3, -0.25) is 9.59 Å². The lowest BCUT2D eigenvalue weighted by molar-refractivity contribution is -0.149. The van der Waals surface area contributed by atoms with Gasteiger partial charge < -0.3 is 15.3 Å². The molecule has 0 bridgehead atoms. The van der Waals surface area contributed by atoms with Crippen LogP contribution in [-0.4, -0.2) is 48.1 Å². The topological polar surface area (TPSA) is 69.6 Å². The van der Waals surface area contributed by atoms with Crippen molar-refractivity contribution in [3.05, 3.63) is 11.1 Å². The maximum Gasteiger partial charge on any atom is 0.313 e. The van der Waals surface area contributed by atoms with E-state index in [4.69, 9.17) is 0 Å². The lowest BCUT2D eigenvalue weighted by Gasteiger charge is -2.35. The van der Waals surface area contributed by atoms with E-state index < -0.39 is 17.3 Å². The van der Waals surface area contributed by atoms with Gasteiger partial charge in [0, 0.05) is 26.2 Å². The second-order valence-electron chi connectivity index (χ2n) is 8.21. The molecule has 0 aromatic heterocycles. The molecule has 2 saturated heterocycles. The Bertz CT molecular complexity index is 567. The normalized spacial score (nSPS) is 33.7. The van der Waals surface area contributed by atoms with Crippen LogP contribution in [0.2, 0.25) is 0 Å². The van der Waals surface area contributed by atoms with Crippen molar-refractivity contribution in [2.24, 2.45) is 16.7 Å². The lowest BCUT2D eigenvalue weighted by atomic mass is 9.71. The van der Waals surface area contributed by atoms with Crippen LogP contribution in [0.3, 0.4) is 0 Å². The first-order valence-corrected chi connectivity index (χ1v) is 8.69. The third kappa shape index (κ3) is 2.69. The van der Waals surface area contributed by atoms with Gasteiger partial charge >= 0.3 is 5.97 Å². The number of carbonyl (C=O) groups is 2. The van der Waals surface area contributed by atoms with E-state index in [0.29, 0.717) is 13.1 Å². The average Bonchev–Trinajstić information content (AvgIpc) is 2.97. The van der Waals surface area contributed by atoms with Crippen LogP contribution in [0.15, 0.2) is 11.1 Å². The first kappa shape index (κ1) is 16.5. The molecule has 3 aliphatic rings. The summed E-state index contributed by atoms with van der Waals surface area (Å²) in [4.78, 5) is 25.9. The Hall–Kier alpha value is -1.36. The summed E-state index contributed by atoms with van der Waals surface area (Å²) < 4.78 is 0. The number of hydrogen-bond acceptors (Lipinski definition) is 3. The maximum atomic E-state index is 12.0. The van der Waals surface area contributed by atoms with Gasteiger partial charge in [0.05, 0.1) is 5.92 Å². The molecular formula is C18H28N2O3. The minimum atomic E-state index is -0.914. The Morgan fingerprint density at radius 1 is 1.43 bits per heavy atom. The van der Waals surface area contributed by atoms with E-state index in [0.717, 1.165) is 13.0 Å². The third-order valence-corrected chi connectivity index (χ3v) is 6.30. The molecular weight excluding hydrogens is 292 g/mol. The zero-order chi connectivity index (χ0) is 16.8. The number of amides is 1. The van der Waals surface area contributed by atoms with Crippen LogP contribution in [-0.2, 0) is 9.59 Å². The second kappa shape index (κ2) is 5.62. The molecule has 5 nitrogen and oxygen atoms in total. The van der Waals surface area contributed by atoms with Gasteiger partial charge in [0.1, 0.15) is 5.41 Å². The van der Waals surface area contributed by atoms with E-state index in [9.17, 15) is 14.7 Å². The quantitative estimate of drug-likeness (QED) is 0.778. The second-order valence-corrected chi connectivity index (χ2v) is 8.21. The molecule has 1 aliphatic carbocycles. The smallest absolute Gasteiger partial charge is 0.313 e. The largest absolute Gasteiger partial charge is 0.481 e. The van der Waals surface area contributed by atoms with Gasteiger partial charge in [0.2, 0.25) is 5.91 Å². The predicted molar refractivity (Wildman–Crippen MR) is 88.0 cm³/mol. The summed E-state index contributed by atoms with van der Waals surface area (Å²) in [6, 6.07) is 0. The van der Waals surface area contributed by atoms with E-state index in [-0.39, 0.29) is 17.9 Å². The van der Waals surface area contributed by atoms with Crippen LogP contribution in [0.1, 0.15) is 46.5 Å². The number of carboxylic acid groups (broad SMARTS) is 1. The van der Waals surface area contributed by atoms with Gasteiger partial charge in [0.15, 0.2) is 0 Å². The Kier molecular flexibility index (Phi) is 4.03. The van der Waals surface area contributed by atoms with E-state index in [1.165, 1.54) is 30.4 Å². The summed E-state index contributed by atoms with van der Waals surface area (Å²) in [6.45, 7) is 9.06. The highest BCUT2D eigenvalue weighted by atomic mass is 16.4. The molecule has 0 saturated carbocycles. The molecule has 2 atom stereocenters. The van der Waals surface area contributed by atoms with Crippen LogP contribution < -0.4 is 5.32 Å². The Balaban J connectivity index is 1.69. The summed E-state index contributed by atoms with van der Waals surface area (Å²) in [5, 5.41) is 12.4. The highest BCUT2D eigenvalue weighted by molar-refractivity contribution is 5.92. The zero-order valence-corrected chi connectivity index (χ0v) is 14.4. The first-order chi connectivity index (χ1) is 10.8. The molecule has 0 aromatic rings. The lowest BCUT2D eigenvalue weighted by Crippen LogP contribution is -2.40. The Morgan fingerprint density at radius 3 is 2.78 bits per heavy atom. The number of nitrogens with one attached hydrogen (secondary N) is 1. The number of aliphatic carboxylic acids is 1. The number of allylic oxidation sites excluding steroid dienone is 1. The Labute approximate surface area is 138 Å². The van der Waals surface area contributed by atoms with Crippen molar-refractivity contribution in [1.29, 1.82) is 0 Å². The number of rotatable bonds is 4. The van der Waals surface area contributed by atoms with Crippen LogP contribution in [0, 0.1) is 16.7 Å². The maximum absolute atomic E-state index is 12.0. The van der Waals surface area contributed by atoms with Gasteiger partial charge in [-0.25, -0.2) is 0 Å². The van der Waals surface area contributed by atoms with Gasteiger partial charge in [0.25, 0.3) is 0 Å². The summed E-state index contributed by atoms with van der Waals surface area (Å²) in [7, 11) is 0. The van der Waals surface area contributed by atoms with Crippen LogP contribution in [0.5, 0.6) is 0 Å². The fourth-order valence-electron chi connectivity index (χ4n) is 4.85. The number of fused-ring (bicyclic) bond motifs is 1. The third-order valence-electron chi connectivity index (χ3n) is 6.30. The van der Waals surface area contributed by atoms with E-state index in [2.05, 4.69) is 31.0 Å². The zero-order valence-electron chi connectivity index (χ0n) is 14.4. The highest BCUT2D eigenvalue weighted by Gasteiger charge is 2.59. The molecule has 128 valence electrons. The number of likely N-dealkylation sites (tertiary alicyclic amines) is 1. The number of carboxylic acids is 1. The van der Waals surface area contributed by atoms with Gasteiger partial charge in [-0.15, -0.1) is 0 Å². The standard InChI is InChI=1S/C18H28N2O3/c1-12-5-4-7-17(2,3)13(12)6-8-20-9-14-15(21)19-10-18(14,11-20)16(22)23/h14H,4-11H2,1-3H3,(H,19,21)(H,22,23)/t14-,18+/m1/s1. The molecule has 23 heavy (non-hydrogen) atoms. The average molecular weight is 320 g/mol. The SMILES string of the molecule is CC1=C(CCN2C[C@@H]3C(=O)NC[C@]3(C(=O)O)C2)C(C)(C)CCC1. The number of hydrogen-bond donors (Lipinski definition) is 2. The van der Waals surface area contributed by atoms with Crippen LogP contribution in [0.25, 0.3) is 0 Å². The van der Waals surface area contributed by atoms with Crippen molar-refractivity contribution in [3.63, 3.8) is 0 Å². The van der Waals surface area contributed by atoms with E-state index in [1.807, 2.05) is 0 Å². The first-order valence-electron chi connectivity index (χ1n) is 8.69. The van der Waals surface area contributed by atoms with Gasteiger partial charge in [-0.2, -0.15) is 0 Å². The minimum absolute atomic E-state index is 0.0942. The molecule has 2 fully saturated rings. The molecule has 0 radical (unpaired) electrons. The monoisotopic (exact) mass is 320 g/mol. The predicted octanol–water partition coefficient (Wildman–Crippen LogP) is 2.04. The van der Waals surface area contributed by atoms with Crippen molar-refractivity contribution < 1.29 is 14.7 Å². The van der Waals surface area contributed by atoms with Gasteiger partial charge in [-0.05, 0) is 38.0 Å². The molecule has 2 aliphatic heterocycles. The minimum Gasteiger partial charge on any atom is -0.481 e. The molecule has 0 unspecified atom stereocenters. The van der Waals surface area contributed by atoms with Crippen molar-refractivity contribution >= 4 is 11.9 Å². The fourth-order valence-corrected chi connectivity index (χ4v) is 4.85. The number of carbonyl (C=O) groups excluding carboxylic acids is 1. The summed E-state index contributed by atoms with van der Waals surface area (Å²) >= 11 is 0. The molecule has 2 N–H and O–H groups in total. The Morgan fingerprint density at radius 2 is 2.17 bits per heavy atom. The van der Waals surface area contributed by atoms with Crippen molar-refractivity contribution in [3.8, 4) is 0 Å². The van der Waals surface area contributed by atoms with Crippen LogP contribution in [0.4, 0.5) is 0 Å². The van der Waals surface area contributed by atoms with Crippen LogP contribution >= 0.6 is 0 Å². The molecule has 5 heteroatoms. The van der Waals surface area contributed by atoms with E-state index >= 15 is 0 Å². The molecule has 0 aromatic carbocycles. The molecule has 3 rings (SSSR count). The van der Waals surface area contributed by atoms with Crippen molar-refractivity contribution in [2.45, 2.75) is 46.5 Å². The summed E-state index contributed by atoms with van der Waals surface area (Å²) in [5.41, 5.74) is 2.38. The van der Waals surface area contributed by atoms with Crippen molar-refractivity contribution in [2.75, 3.05) is 26.2 Å². The summed E-state index contributed by atoms with van der Waals surface area (Å²) in [6.07, 6.45) is 4.66. The fraction of sp³-hybridized carbons (Fsp3) is 0.778. The molecule has 1 amide bonds.